The van der Waals surface area contributed by atoms with Gasteiger partial charge in [-0.2, -0.15) is 0 Å². The van der Waals surface area contributed by atoms with Gasteiger partial charge in [0.25, 0.3) is 0 Å². The van der Waals surface area contributed by atoms with E-state index in [0.717, 1.165) is 44.9 Å². The molecular formula is C36H44ClNO4S. The van der Waals surface area contributed by atoms with Crippen LogP contribution in [-0.4, -0.2) is 30.2 Å². The molecule has 1 atom stereocenters. The zero-order valence-electron chi connectivity index (χ0n) is 25.2. The molecule has 2 aromatic rings. The summed E-state index contributed by atoms with van der Waals surface area (Å²) in [5.41, 5.74) is 1.91. The van der Waals surface area contributed by atoms with Crippen LogP contribution in [0.5, 0.6) is 0 Å². The summed E-state index contributed by atoms with van der Waals surface area (Å²) < 4.78 is 10.6. The molecule has 230 valence electrons. The number of thiophene rings is 1. The highest BCUT2D eigenvalue weighted by atomic mass is 35.5. The first-order valence-electron chi connectivity index (χ1n) is 15.2. The maximum absolute atomic E-state index is 13.2. The number of allylic oxidation sites excluding steroid dienone is 10. The van der Waals surface area contributed by atoms with E-state index in [-0.39, 0.29) is 12.4 Å². The molecule has 7 heteroatoms. The van der Waals surface area contributed by atoms with Crippen molar-refractivity contribution in [2.75, 3.05) is 13.3 Å². The second-order valence-electron chi connectivity index (χ2n) is 10.2. The first kappa shape index (κ1) is 34.3. The number of rotatable bonds is 18. The lowest BCUT2D eigenvalue weighted by atomic mass is 10.0. The normalized spacial score (nSPS) is 14.8. The number of benzene rings is 1. The van der Waals surface area contributed by atoms with E-state index >= 15 is 0 Å². The largest absolute Gasteiger partial charge is 0.428 e. The molecule has 0 radical (unpaired) electrons. The van der Waals surface area contributed by atoms with Crippen molar-refractivity contribution in [3.63, 3.8) is 0 Å². The van der Waals surface area contributed by atoms with Gasteiger partial charge in [-0.15, -0.1) is 11.3 Å². The smallest absolute Gasteiger partial charge is 0.330 e. The van der Waals surface area contributed by atoms with Crippen LogP contribution in [0.2, 0.25) is 5.02 Å². The van der Waals surface area contributed by atoms with Crippen molar-refractivity contribution in [2.24, 2.45) is 0 Å². The molecule has 2 heterocycles. The van der Waals surface area contributed by atoms with Crippen LogP contribution in [0.1, 0.15) is 80.3 Å². The van der Waals surface area contributed by atoms with Crippen LogP contribution < -0.4 is 0 Å². The Bertz CT molecular complexity index is 1280. The molecule has 0 saturated carbocycles. The van der Waals surface area contributed by atoms with Crippen molar-refractivity contribution in [2.45, 2.75) is 77.3 Å². The van der Waals surface area contributed by atoms with Gasteiger partial charge in [-0.3, -0.25) is 9.69 Å². The third-order valence-electron chi connectivity index (χ3n) is 6.96. The monoisotopic (exact) mass is 621 g/mol. The van der Waals surface area contributed by atoms with Crippen LogP contribution in [0.3, 0.4) is 0 Å². The Kier molecular flexibility index (Phi) is 16.5. The van der Waals surface area contributed by atoms with E-state index < -0.39 is 18.8 Å². The van der Waals surface area contributed by atoms with Crippen molar-refractivity contribution in [1.29, 1.82) is 0 Å². The minimum atomic E-state index is -0.671. The third kappa shape index (κ3) is 12.9. The highest BCUT2D eigenvalue weighted by molar-refractivity contribution is 7.10. The van der Waals surface area contributed by atoms with E-state index in [9.17, 15) is 9.59 Å². The summed E-state index contributed by atoms with van der Waals surface area (Å²) in [6.07, 6.45) is 29.1. The van der Waals surface area contributed by atoms with Crippen LogP contribution in [0, 0.1) is 0 Å². The fourth-order valence-corrected chi connectivity index (χ4v) is 5.83. The van der Waals surface area contributed by atoms with Crippen LogP contribution in [-0.2, 0) is 32.0 Å². The lowest BCUT2D eigenvalue weighted by Crippen LogP contribution is -2.39. The zero-order valence-corrected chi connectivity index (χ0v) is 26.7. The molecular weight excluding hydrogens is 578 g/mol. The van der Waals surface area contributed by atoms with Gasteiger partial charge >= 0.3 is 11.9 Å². The Morgan fingerprint density at radius 3 is 2.23 bits per heavy atom. The molecule has 1 aromatic heterocycles. The Balaban J connectivity index is 1.30. The first-order valence-corrected chi connectivity index (χ1v) is 16.5. The molecule has 1 aliphatic rings. The Labute approximate surface area is 266 Å². The molecule has 43 heavy (non-hydrogen) atoms. The molecule has 0 fully saturated rings. The lowest BCUT2D eigenvalue weighted by molar-refractivity contribution is -0.171. The molecule has 0 aliphatic carbocycles. The molecule has 5 nitrogen and oxygen atoms in total. The van der Waals surface area contributed by atoms with Gasteiger partial charge in [0.2, 0.25) is 6.79 Å². The van der Waals surface area contributed by atoms with E-state index in [1.165, 1.54) is 10.4 Å². The summed E-state index contributed by atoms with van der Waals surface area (Å²) in [5, 5.41) is 2.59. The van der Waals surface area contributed by atoms with Crippen molar-refractivity contribution in [1.82, 2.24) is 4.90 Å². The van der Waals surface area contributed by atoms with E-state index in [0.29, 0.717) is 30.1 Å². The Morgan fingerprint density at radius 1 is 0.907 bits per heavy atom. The molecule has 1 aromatic carbocycles. The van der Waals surface area contributed by atoms with Crippen LogP contribution in [0.4, 0.5) is 0 Å². The first-order chi connectivity index (χ1) is 21.1. The van der Waals surface area contributed by atoms with Crippen LogP contribution >= 0.6 is 22.9 Å². The quantitative estimate of drug-likeness (QED) is 0.0718. The second-order valence-corrected chi connectivity index (χ2v) is 11.6. The van der Waals surface area contributed by atoms with E-state index in [4.69, 9.17) is 21.1 Å². The number of halogens is 1. The summed E-state index contributed by atoms with van der Waals surface area (Å²) in [6.45, 7) is 3.09. The molecule has 0 amide bonds. The second kappa shape index (κ2) is 20.7. The maximum Gasteiger partial charge on any atom is 0.330 e. The fourth-order valence-electron chi connectivity index (χ4n) is 4.70. The van der Waals surface area contributed by atoms with Crippen molar-refractivity contribution >= 4 is 34.9 Å². The van der Waals surface area contributed by atoms with Gasteiger partial charge in [0, 0.05) is 29.4 Å². The van der Waals surface area contributed by atoms with Gasteiger partial charge in [-0.1, -0.05) is 97.5 Å². The van der Waals surface area contributed by atoms with E-state index in [1.54, 1.807) is 17.4 Å². The number of hydrogen-bond donors (Lipinski definition) is 0. The van der Waals surface area contributed by atoms with Gasteiger partial charge in [0.05, 0.1) is 0 Å². The number of nitrogens with zero attached hydrogens (tertiary/aromatic N) is 1. The fraction of sp³-hybridized carbons (Fsp3) is 0.389. The van der Waals surface area contributed by atoms with Gasteiger partial charge < -0.3 is 9.47 Å². The molecule has 0 N–H and O–H groups in total. The van der Waals surface area contributed by atoms with Gasteiger partial charge in [0.1, 0.15) is 6.04 Å². The van der Waals surface area contributed by atoms with Crippen LogP contribution in [0.25, 0.3) is 0 Å². The number of hydrogen-bond acceptors (Lipinski definition) is 6. The minimum Gasteiger partial charge on any atom is -0.428 e. The summed E-state index contributed by atoms with van der Waals surface area (Å²) >= 11 is 8.22. The Morgan fingerprint density at radius 2 is 1.56 bits per heavy atom. The van der Waals surface area contributed by atoms with E-state index in [2.05, 4.69) is 84.0 Å². The van der Waals surface area contributed by atoms with Gasteiger partial charge in [-0.05, 0) is 80.0 Å². The van der Waals surface area contributed by atoms with Crippen molar-refractivity contribution < 1.29 is 19.1 Å². The highest BCUT2D eigenvalue weighted by Gasteiger charge is 2.33. The highest BCUT2D eigenvalue weighted by Crippen LogP contribution is 2.34. The molecule has 3 rings (SSSR count). The summed E-state index contributed by atoms with van der Waals surface area (Å²) in [4.78, 5) is 28.8. The molecule has 0 saturated heterocycles. The maximum atomic E-state index is 13.2. The van der Waals surface area contributed by atoms with Gasteiger partial charge in [-0.25, -0.2) is 4.79 Å². The molecule has 1 aliphatic heterocycles. The lowest BCUT2D eigenvalue weighted by Gasteiger charge is -2.33. The third-order valence-corrected chi connectivity index (χ3v) is 8.32. The SMILES string of the molecule is CC/C=C\C/C=C\C/C=C\C/C=C\C/C=C\CCCC(=O)OCOC(=O)[C@H](c1ccccc1Cl)N1CCc2sccc2C1. The van der Waals surface area contributed by atoms with Crippen molar-refractivity contribution in [3.05, 3.63) is 117 Å². The average molecular weight is 622 g/mol. The number of esters is 2. The number of ether oxygens (including phenoxy) is 2. The standard InChI is InChI=1S/C36H44ClNO4S/c1-2-3-4-5-6-7-8-9-10-11-12-13-14-15-16-17-18-23-34(39)41-29-42-36(40)35(31-21-19-20-22-32(31)37)38-26-24-33-30(28-38)25-27-43-33/h3-4,6-7,9-10,12-13,15-16,19-22,25,27,35H,2,5,8,11,14,17-18,23-24,26,28-29H2,1H3/b4-3-,7-6-,10-9-,13-12-,16-15-/t35-/m0/s1. The summed E-state index contributed by atoms with van der Waals surface area (Å²) in [5.74, 6) is -0.853. The minimum absolute atomic E-state index is 0.271. The van der Waals surface area contributed by atoms with Crippen LogP contribution in [0.15, 0.2) is 96.5 Å². The average Bonchev–Trinajstić information content (AvgIpc) is 3.48. The number of carbonyl (C=O) groups is 2. The number of unbranched alkanes of at least 4 members (excludes halogenated alkanes) is 1. The summed E-state index contributed by atoms with van der Waals surface area (Å²) in [7, 11) is 0. The number of fused-ring (bicyclic) bond motifs is 1. The van der Waals surface area contributed by atoms with E-state index in [1.807, 2.05) is 18.2 Å². The predicted molar refractivity (Wildman–Crippen MR) is 178 cm³/mol. The predicted octanol–water partition coefficient (Wildman–Crippen LogP) is 9.47. The molecule has 0 bridgehead atoms. The van der Waals surface area contributed by atoms with Crippen molar-refractivity contribution in [3.8, 4) is 0 Å². The number of carbonyl (C=O) groups excluding carboxylic acids is 2. The topological polar surface area (TPSA) is 55.8 Å². The summed E-state index contributed by atoms with van der Waals surface area (Å²) in [6, 6.07) is 8.74. The zero-order chi connectivity index (χ0) is 30.5. The Hall–Kier alpha value is -3.19. The molecule has 0 spiro atoms. The van der Waals surface area contributed by atoms with Gasteiger partial charge in [0.15, 0.2) is 0 Å². The molecule has 0 unspecified atom stereocenters.